The summed E-state index contributed by atoms with van der Waals surface area (Å²) in [7, 11) is 0. The Morgan fingerprint density at radius 1 is 1.42 bits per heavy atom. The first-order valence-corrected chi connectivity index (χ1v) is 6.14. The maximum absolute atomic E-state index is 13.5. The second-order valence-electron chi connectivity index (χ2n) is 4.79. The highest BCUT2D eigenvalue weighted by Crippen LogP contribution is 2.19. The van der Waals surface area contributed by atoms with Crippen LogP contribution in [-0.2, 0) is 4.74 Å². The second-order valence-corrected chi connectivity index (χ2v) is 5.13. The molecule has 0 spiro atoms. The molecule has 1 heterocycles. The third kappa shape index (κ3) is 5.34. The molecule has 1 atom stereocenters. The van der Waals surface area contributed by atoms with Gasteiger partial charge in [0.05, 0.1) is 0 Å². The Labute approximate surface area is 115 Å². The lowest BCUT2D eigenvalue weighted by Gasteiger charge is -2.19. The van der Waals surface area contributed by atoms with E-state index in [2.05, 4.69) is 20.3 Å². The number of anilines is 1. The Morgan fingerprint density at radius 2 is 2.05 bits per heavy atom. The predicted molar refractivity (Wildman–Crippen MR) is 68.8 cm³/mol. The minimum atomic E-state index is -1.36. The Bertz CT molecular complexity index is 464. The number of nitrogens with one attached hydrogen (secondary N) is 1. The van der Waals surface area contributed by atoms with E-state index in [0.29, 0.717) is 0 Å². The smallest absolute Gasteiger partial charge is 0.414 e. The number of ether oxygens (including phenoxy) is 1. The van der Waals surface area contributed by atoms with E-state index in [4.69, 9.17) is 16.3 Å². The summed E-state index contributed by atoms with van der Waals surface area (Å²) in [6.45, 7) is 6.79. The van der Waals surface area contributed by atoms with Crippen LogP contribution in [0, 0.1) is 0 Å². The molecule has 0 saturated heterocycles. The summed E-state index contributed by atoms with van der Waals surface area (Å²) in [5.74, 6) is -0.256. The van der Waals surface area contributed by atoms with Gasteiger partial charge >= 0.3 is 6.09 Å². The molecule has 1 unspecified atom stereocenters. The Morgan fingerprint density at radius 3 is 2.58 bits per heavy atom. The van der Waals surface area contributed by atoms with Crippen molar-refractivity contribution in [1.29, 1.82) is 0 Å². The lowest BCUT2D eigenvalue weighted by Crippen LogP contribution is -2.28. The SMILES string of the molecule is CCC(F)c1nc(Cl)nc(NC(=O)OC(C)(C)C)n1. The summed E-state index contributed by atoms with van der Waals surface area (Å²) in [5.41, 5.74) is -0.657. The highest BCUT2D eigenvalue weighted by Gasteiger charge is 2.19. The van der Waals surface area contributed by atoms with E-state index >= 15 is 0 Å². The van der Waals surface area contributed by atoms with Crippen LogP contribution in [0.2, 0.25) is 5.28 Å². The van der Waals surface area contributed by atoms with E-state index in [1.54, 1.807) is 27.7 Å². The number of hydrogen-bond acceptors (Lipinski definition) is 5. The van der Waals surface area contributed by atoms with Crippen LogP contribution >= 0.6 is 11.6 Å². The molecule has 8 heteroatoms. The van der Waals surface area contributed by atoms with E-state index in [1.807, 2.05) is 0 Å². The number of rotatable bonds is 3. The van der Waals surface area contributed by atoms with Crippen molar-refractivity contribution in [3.05, 3.63) is 11.1 Å². The highest BCUT2D eigenvalue weighted by atomic mass is 35.5. The normalized spacial score (nSPS) is 12.9. The average molecular weight is 291 g/mol. The molecule has 0 aliphatic rings. The quantitative estimate of drug-likeness (QED) is 0.924. The van der Waals surface area contributed by atoms with Crippen LogP contribution < -0.4 is 5.32 Å². The molecule has 1 N–H and O–H groups in total. The van der Waals surface area contributed by atoms with Gasteiger partial charge in [-0.2, -0.15) is 15.0 Å². The first kappa shape index (κ1) is 15.6. The zero-order valence-electron chi connectivity index (χ0n) is 11.2. The molecule has 0 saturated carbocycles. The molecule has 6 nitrogen and oxygen atoms in total. The number of carbonyl (C=O) groups is 1. The van der Waals surface area contributed by atoms with Crippen molar-refractivity contribution in [3.63, 3.8) is 0 Å². The van der Waals surface area contributed by atoms with E-state index in [1.165, 1.54) is 0 Å². The van der Waals surface area contributed by atoms with Crippen molar-refractivity contribution in [2.45, 2.75) is 45.9 Å². The maximum Gasteiger partial charge on any atom is 0.414 e. The summed E-state index contributed by atoms with van der Waals surface area (Å²) < 4.78 is 18.5. The minimum absolute atomic E-state index is 0.117. The summed E-state index contributed by atoms with van der Waals surface area (Å²) in [6, 6.07) is 0. The van der Waals surface area contributed by atoms with Crippen molar-refractivity contribution in [2.75, 3.05) is 5.32 Å². The molecule has 0 radical (unpaired) electrons. The fourth-order valence-corrected chi connectivity index (χ4v) is 1.31. The Hall–Kier alpha value is -1.50. The minimum Gasteiger partial charge on any atom is -0.444 e. The van der Waals surface area contributed by atoms with Crippen LogP contribution in [0.1, 0.15) is 46.1 Å². The van der Waals surface area contributed by atoms with Crippen molar-refractivity contribution in [1.82, 2.24) is 15.0 Å². The largest absolute Gasteiger partial charge is 0.444 e. The van der Waals surface area contributed by atoms with E-state index in [0.717, 1.165) is 0 Å². The van der Waals surface area contributed by atoms with Gasteiger partial charge in [0.2, 0.25) is 11.2 Å². The standard InChI is InChI=1S/C11H16ClFN4O2/c1-5-6(13)7-14-8(12)16-9(15-7)17-10(18)19-11(2,3)4/h6H,5H2,1-4H3,(H,14,15,16,17,18). The summed E-state index contributed by atoms with van der Waals surface area (Å²) in [6.07, 6.45) is -1.90. The zero-order chi connectivity index (χ0) is 14.6. The molecule has 0 bridgehead atoms. The fraction of sp³-hybridized carbons (Fsp3) is 0.636. The van der Waals surface area contributed by atoms with Gasteiger partial charge in [0, 0.05) is 0 Å². The molecule has 1 amide bonds. The van der Waals surface area contributed by atoms with E-state index < -0.39 is 17.9 Å². The zero-order valence-corrected chi connectivity index (χ0v) is 12.0. The second kappa shape index (κ2) is 6.10. The monoisotopic (exact) mass is 290 g/mol. The summed E-state index contributed by atoms with van der Waals surface area (Å²) >= 11 is 5.65. The molecule has 106 valence electrons. The van der Waals surface area contributed by atoms with Crippen LogP contribution in [0.5, 0.6) is 0 Å². The van der Waals surface area contributed by atoms with Gasteiger partial charge in [-0.05, 0) is 38.8 Å². The average Bonchev–Trinajstić information content (AvgIpc) is 2.24. The van der Waals surface area contributed by atoms with E-state index in [9.17, 15) is 9.18 Å². The van der Waals surface area contributed by atoms with Gasteiger partial charge in [-0.25, -0.2) is 9.18 Å². The van der Waals surface area contributed by atoms with E-state index in [-0.39, 0.29) is 23.5 Å². The first-order chi connectivity index (χ1) is 8.71. The summed E-state index contributed by atoms with van der Waals surface area (Å²) in [4.78, 5) is 22.6. The molecular weight excluding hydrogens is 275 g/mol. The number of carbonyl (C=O) groups excluding carboxylic acids is 1. The first-order valence-electron chi connectivity index (χ1n) is 5.77. The summed E-state index contributed by atoms with van der Waals surface area (Å²) in [5, 5.41) is 2.10. The van der Waals surface area contributed by atoms with Crippen LogP contribution in [0.3, 0.4) is 0 Å². The number of amides is 1. The Balaban J connectivity index is 2.84. The van der Waals surface area contributed by atoms with Gasteiger partial charge in [0.15, 0.2) is 12.0 Å². The topological polar surface area (TPSA) is 77.0 Å². The van der Waals surface area contributed by atoms with Crippen molar-refractivity contribution in [3.8, 4) is 0 Å². The van der Waals surface area contributed by atoms with Crippen molar-refractivity contribution in [2.24, 2.45) is 0 Å². The molecule has 1 aromatic rings. The van der Waals surface area contributed by atoms with Crippen molar-refractivity contribution < 1.29 is 13.9 Å². The van der Waals surface area contributed by atoms with Gasteiger partial charge in [-0.15, -0.1) is 0 Å². The number of halogens is 2. The Kier molecular flexibility index (Phi) is 4.99. The van der Waals surface area contributed by atoms with Crippen molar-refractivity contribution >= 4 is 23.6 Å². The number of alkyl halides is 1. The molecule has 0 fully saturated rings. The number of hydrogen-bond donors (Lipinski definition) is 1. The van der Waals surface area contributed by atoms with Crippen LogP contribution in [0.25, 0.3) is 0 Å². The third-order valence-electron chi connectivity index (χ3n) is 1.88. The lowest BCUT2D eigenvalue weighted by atomic mass is 10.2. The predicted octanol–water partition coefficient (Wildman–Crippen LogP) is 3.29. The molecular formula is C11H16ClFN4O2. The molecule has 1 rings (SSSR count). The van der Waals surface area contributed by atoms with Gasteiger partial charge in [-0.3, -0.25) is 5.32 Å². The maximum atomic E-state index is 13.5. The molecule has 19 heavy (non-hydrogen) atoms. The van der Waals surface area contributed by atoms with Gasteiger partial charge in [0.25, 0.3) is 0 Å². The lowest BCUT2D eigenvalue weighted by molar-refractivity contribution is 0.0634. The number of nitrogens with zero attached hydrogens (tertiary/aromatic N) is 3. The van der Waals surface area contributed by atoms with Gasteiger partial charge in [-0.1, -0.05) is 6.92 Å². The van der Waals surface area contributed by atoms with Crippen LogP contribution in [0.15, 0.2) is 0 Å². The van der Waals surface area contributed by atoms with Crippen LogP contribution in [0.4, 0.5) is 15.1 Å². The van der Waals surface area contributed by atoms with Crippen LogP contribution in [-0.4, -0.2) is 26.6 Å². The van der Waals surface area contributed by atoms with Gasteiger partial charge < -0.3 is 4.74 Å². The number of aromatic nitrogens is 3. The highest BCUT2D eigenvalue weighted by molar-refractivity contribution is 6.28. The molecule has 0 aliphatic carbocycles. The van der Waals surface area contributed by atoms with Gasteiger partial charge in [0.1, 0.15) is 5.60 Å². The fourth-order valence-electron chi connectivity index (χ4n) is 1.14. The molecule has 1 aromatic heterocycles. The third-order valence-corrected chi connectivity index (χ3v) is 2.05. The molecule has 0 aliphatic heterocycles. The molecule has 0 aromatic carbocycles.